The molecular formula is C7H16N2O2. The number of nitrogens with two attached hydrogens (primary N) is 1. The maximum Gasteiger partial charge on any atom is 0.323 e. The Labute approximate surface area is 66.8 Å². The molecule has 0 aromatic heterocycles. The van der Waals surface area contributed by atoms with Crippen LogP contribution in [0.5, 0.6) is 0 Å². The summed E-state index contributed by atoms with van der Waals surface area (Å²) < 4.78 is 0. The van der Waals surface area contributed by atoms with Gasteiger partial charge in [-0.3, -0.25) is 4.79 Å². The van der Waals surface area contributed by atoms with Crippen molar-refractivity contribution in [3.05, 3.63) is 0 Å². The molecule has 0 radical (unpaired) electrons. The fraction of sp³-hybridized carbons (Fsp3) is 0.857. The molecule has 0 saturated heterocycles. The highest BCUT2D eigenvalue weighted by atomic mass is 16.4. The van der Waals surface area contributed by atoms with E-state index in [1.807, 2.05) is 7.05 Å². The van der Waals surface area contributed by atoms with E-state index in [1.54, 1.807) is 0 Å². The lowest BCUT2D eigenvalue weighted by Gasteiger charge is -2.18. The number of rotatable bonds is 5. The van der Waals surface area contributed by atoms with Gasteiger partial charge in [-0.2, -0.15) is 0 Å². The van der Waals surface area contributed by atoms with Crippen molar-refractivity contribution in [1.29, 1.82) is 0 Å². The third-order valence-electron chi connectivity index (χ3n) is 1.61. The Morgan fingerprint density at radius 1 is 1.73 bits per heavy atom. The highest BCUT2D eigenvalue weighted by molar-refractivity contribution is 5.77. The second-order valence-corrected chi connectivity index (χ2v) is 2.93. The first kappa shape index (κ1) is 10.4. The van der Waals surface area contributed by atoms with Crippen molar-refractivity contribution in [1.82, 2.24) is 5.32 Å². The summed E-state index contributed by atoms with van der Waals surface area (Å²) in [4.78, 5) is 10.5. The summed E-state index contributed by atoms with van der Waals surface area (Å²) in [5.41, 5.74) is 4.40. The lowest BCUT2D eigenvalue weighted by atomic mass is 9.98. The summed E-state index contributed by atoms with van der Waals surface area (Å²) in [6.07, 6.45) is 1.29. The normalized spacial score (nSPS) is 15.9. The van der Waals surface area contributed by atoms with Crippen LogP contribution < -0.4 is 11.1 Å². The van der Waals surface area contributed by atoms with Gasteiger partial charge in [0, 0.05) is 0 Å². The smallest absolute Gasteiger partial charge is 0.323 e. The average Bonchev–Trinajstić information content (AvgIpc) is 1.88. The van der Waals surface area contributed by atoms with Crippen LogP contribution in [0, 0.1) is 0 Å². The van der Waals surface area contributed by atoms with Gasteiger partial charge in [0.25, 0.3) is 0 Å². The molecule has 4 N–H and O–H groups in total. The van der Waals surface area contributed by atoms with Crippen molar-refractivity contribution < 1.29 is 9.90 Å². The molecule has 0 bridgehead atoms. The van der Waals surface area contributed by atoms with Crippen LogP contribution in [0.2, 0.25) is 0 Å². The number of carboxylic acid groups (broad SMARTS) is 1. The van der Waals surface area contributed by atoms with Crippen molar-refractivity contribution in [2.75, 3.05) is 13.6 Å². The lowest BCUT2D eigenvalue weighted by molar-refractivity contribution is -0.142. The zero-order chi connectivity index (χ0) is 8.91. The van der Waals surface area contributed by atoms with Gasteiger partial charge in [0.2, 0.25) is 0 Å². The molecule has 66 valence electrons. The molecule has 0 aromatic carbocycles. The molecule has 4 nitrogen and oxygen atoms in total. The maximum absolute atomic E-state index is 10.5. The third-order valence-corrected chi connectivity index (χ3v) is 1.61. The topological polar surface area (TPSA) is 75.3 Å². The van der Waals surface area contributed by atoms with Gasteiger partial charge < -0.3 is 16.2 Å². The van der Waals surface area contributed by atoms with Gasteiger partial charge in [-0.05, 0) is 33.4 Å². The van der Waals surface area contributed by atoms with Gasteiger partial charge in [0.15, 0.2) is 0 Å². The minimum absolute atomic E-state index is 0.503. The quantitative estimate of drug-likeness (QED) is 0.486. The lowest BCUT2D eigenvalue weighted by Crippen LogP contribution is -2.45. The molecule has 11 heavy (non-hydrogen) atoms. The first-order valence-electron chi connectivity index (χ1n) is 3.67. The molecule has 0 aliphatic heterocycles. The third kappa shape index (κ3) is 3.95. The van der Waals surface area contributed by atoms with Crippen LogP contribution in [0.15, 0.2) is 0 Å². The van der Waals surface area contributed by atoms with Crippen LogP contribution in [-0.4, -0.2) is 30.2 Å². The van der Waals surface area contributed by atoms with Crippen LogP contribution in [-0.2, 0) is 4.79 Å². The molecule has 0 heterocycles. The fourth-order valence-corrected chi connectivity index (χ4v) is 0.739. The van der Waals surface area contributed by atoms with E-state index in [9.17, 15) is 4.79 Å². The van der Waals surface area contributed by atoms with Crippen molar-refractivity contribution in [2.45, 2.75) is 25.3 Å². The van der Waals surface area contributed by atoms with E-state index in [1.165, 1.54) is 6.92 Å². The van der Waals surface area contributed by atoms with Crippen LogP contribution in [0.3, 0.4) is 0 Å². The van der Waals surface area contributed by atoms with E-state index < -0.39 is 11.5 Å². The van der Waals surface area contributed by atoms with Crippen molar-refractivity contribution in [3.8, 4) is 0 Å². The maximum atomic E-state index is 10.5. The largest absolute Gasteiger partial charge is 0.480 e. The number of nitrogens with one attached hydrogen (secondary N) is 1. The van der Waals surface area contributed by atoms with Gasteiger partial charge in [-0.25, -0.2) is 0 Å². The highest BCUT2D eigenvalue weighted by Gasteiger charge is 2.26. The van der Waals surface area contributed by atoms with E-state index in [2.05, 4.69) is 5.32 Å². The molecule has 1 atom stereocenters. The number of carboxylic acids is 1. The molecule has 0 spiro atoms. The molecular weight excluding hydrogens is 144 g/mol. The summed E-state index contributed by atoms with van der Waals surface area (Å²) >= 11 is 0. The number of hydrogen-bond donors (Lipinski definition) is 3. The second kappa shape index (κ2) is 4.31. The van der Waals surface area contributed by atoms with Gasteiger partial charge in [-0.1, -0.05) is 0 Å². The zero-order valence-electron chi connectivity index (χ0n) is 7.05. The molecule has 0 rings (SSSR count). The first-order valence-corrected chi connectivity index (χ1v) is 3.67. The average molecular weight is 160 g/mol. The second-order valence-electron chi connectivity index (χ2n) is 2.93. The van der Waals surface area contributed by atoms with E-state index >= 15 is 0 Å². The molecule has 4 heteroatoms. The van der Waals surface area contributed by atoms with Crippen molar-refractivity contribution in [2.24, 2.45) is 5.73 Å². The number of aliphatic carboxylic acids is 1. The summed E-state index contributed by atoms with van der Waals surface area (Å²) in [6.45, 7) is 2.34. The number of carbonyl (C=O) groups is 1. The molecule has 0 aliphatic rings. The summed E-state index contributed by atoms with van der Waals surface area (Å²) in [5, 5.41) is 11.5. The Hall–Kier alpha value is -0.610. The molecule has 0 aliphatic carbocycles. The minimum atomic E-state index is -1.07. The predicted octanol–water partition coefficient (Wildman–Crippen LogP) is -0.212. The van der Waals surface area contributed by atoms with E-state index in [4.69, 9.17) is 10.8 Å². The molecule has 0 aromatic rings. The van der Waals surface area contributed by atoms with Gasteiger partial charge in [0.05, 0.1) is 0 Å². The Morgan fingerprint density at radius 3 is 2.64 bits per heavy atom. The standard InChI is InChI=1S/C7H16N2O2/c1-7(8,6(10)11)4-3-5-9-2/h9H,3-5,8H2,1-2H3,(H,10,11). The van der Waals surface area contributed by atoms with E-state index in [0.29, 0.717) is 6.42 Å². The van der Waals surface area contributed by atoms with Crippen LogP contribution in [0.25, 0.3) is 0 Å². The van der Waals surface area contributed by atoms with Gasteiger partial charge in [0.1, 0.15) is 5.54 Å². The van der Waals surface area contributed by atoms with Crippen LogP contribution in [0.1, 0.15) is 19.8 Å². The fourth-order valence-electron chi connectivity index (χ4n) is 0.739. The van der Waals surface area contributed by atoms with Crippen LogP contribution in [0.4, 0.5) is 0 Å². The number of hydrogen-bond acceptors (Lipinski definition) is 3. The Bertz CT molecular complexity index is 134. The molecule has 0 saturated carbocycles. The first-order chi connectivity index (χ1) is 5.00. The highest BCUT2D eigenvalue weighted by Crippen LogP contribution is 2.07. The summed E-state index contributed by atoms with van der Waals surface area (Å²) in [6, 6.07) is 0. The van der Waals surface area contributed by atoms with E-state index in [-0.39, 0.29) is 0 Å². The SMILES string of the molecule is CNCCCC(C)(N)C(=O)O. The zero-order valence-corrected chi connectivity index (χ0v) is 7.05. The van der Waals surface area contributed by atoms with Gasteiger partial charge >= 0.3 is 5.97 Å². The molecule has 0 amide bonds. The molecule has 1 unspecified atom stereocenters. The van der Waals surface area contributed by atoms with Crippen LogP contribution >= 0.6 is 0 Å². The van der Waals surface area contributed by atoms with Crippen molar-refractivity contribution >= 4 is 5.97 Å². The molecule has 0 fully saturated rings. The summed E-state index contributed by atoms with van der Waals surface area (Å²) in [5.74, 6) is -0.936. The Morgan fingerprint density at radius 2 is 2.27 bits per heavy atom. The predicted molar refractivity (Wildman–Crippen MR) is 43.4 cm³/mol. The monoisotopic (exact) mass is 160 g/mol. The van der Waals surface area contributed by atoms with E-state index in [0.717, 1.165) is 13.0 Å². The Balaban J connectivity index is 3.64. The van der Waals surface area contributed by atoms with Crippen molar-refractivity contribution in [3.63, 3.8) is 0 Å². The Kier molecular flexibility index (Phi) is 4.07. The summed E-state index contributed by atoms with van der Waals surface area (Å²) in [7, 11) is 1.83. The van der Waals surface area contributed by atoms with Gasteiger partial charge in [-0.15, -0.1) is 0 Å². The minimum Gasteiger partial charge on any atom is -0.480 e.